The third-order valence-corrected chi connectivity index (χ3v) is 7.05. The number of amides is 1. The molecule has 0 atom stereocenters. The number of ether oxygens (including phenoxy) is 1. The molecule has 2 aromatic rings. The minimum atomic E-state index is -3.62. The van der Waals surface area contributed by atoms with Gasteiger partial charge in [0.15, 0.2) is 6.61 Å². The summed E-state index contributed by atoms with van der Waals surface area (Å²) in [5.74, 6) is -1.13. The molecule has 1 amide bonds. The van der Waals surface area contributed by atoms with E-state index >= 15 is 0 Å². The van der Waals surface area contributed by atoms with Crippen LogP contribution in [0.25, 0.3) is 0 Å². The first-order valence-corrected chi connectivity index (χ1v) is 11.9. The van der Waals surface area contributed by atoms with Crippen molar-refractivity contribution in [2.24, 2.45) is 0 Å². The van der Waals surface area contributed by atoms with Gasteiger partial charge in [-0.2, -0.15) is 0 Å². The van der Waals surface area contributed by atoms with Crippen molar-refractivity contribution in [2.45, 2.75) is 37.4 Å². The molecule has 0 saturated carbocycles. The molecule has 0 aliphatic carbocycles. The van der Waals surface area contributed by atoms with Gasteiger partial charge in [-0.25, -0.2) is 13.1 Å². The topological polar surface area (TPSA) is 105 Å². The van der Waals surface area contributed by atoms with E-state index in [1.54, 1.807) is 23.6 Å². The summed E-state index contributed by atoms with van der Waals surface area (Å²) in [5.41, 5.74) is 1.66. The number of thiophene rings is 1. The molecule has 30 heavy (non-hydrogen) atoms. The van der Waals surface area contributed by atoms with Gasteiger partial charge in [0.1, 0.15) is 4.21 Å². The Morgan fingerprint density at radius 2 is 1.87 bits per heavy atom. The number of carbonyl (C=O) groups is 2. The van der Waals surface area contributed by atoms with Crippen molar-refractivity contribution in [1.29, 1.82) is 0 Å². The molecule has 0 aliphatic heterocycles. The smallest absolute Gasteiger partial charge is 0.307 e. The standard InChI is InChI=1S/C20H27N3O5S2/c1-4-23(15(2)3)17-9-7-16(8-10-17)22-18(24)14-28-19(25)11-12-21-30(26,27)20-6-5-13-29-20/h5-10,13,15,21H,4,11-12,14H2,1-3H3,(H,22,24). The molecule has 0 saturated heterocycles. The van der Waals surface area contributed by atoms with Crippen molar-refractivity contribution in [1.82, 2.24) is 4.72 Å². The summed E-state index contributed by atoms with van der Waals surface area (Å²) in [6.45, 7) is 6.64. The second-order valence-corrected chi connectivity index (χ2v) is 9.66. The molecule has 1 aromatic carbocycles. The van der Waals surface area contributed by atoms with Gasteiger partial charge in [-0.3, -0.25) is 9.59 Å². The first-order valence-electron chi connectivity index (χ1n) is 9.58. The fourth-order valence-electron chi connectivity index (χ4n) is 2.77. The predicted octanol–water partition coefficient (Wildman–Crippen LogP) is 2.83. The summed E-state index contributed by atoms with van der Waals surface area (Å²) < 4.78 is 31.3. The minimum absolute atomic E-state index is 0.105. The van der Waals surface area contributed by atoms with E-state index in [1.807, 2.05) is 12.1 Å². The van der Waals surface area contributed by atoms with Crippen LogP contribution in [0, 0.1) is 0 Å². The molecule has 0 spiro atoms. The molecule has 0 fully saturated rings. The Morgan fingerprint density at radius 3 is 2.43 bits per heavy atom. The van der Waals surface area contributed by atoms with E-state index < -0.39 is 28.5 Å². The molecule has 2 N–H and O–H groups in total. The number of hydrogen-bond donors (Lipinski definition) is 2. The van der Waals surface area contributed by atoms with Crippen molar-refractivity contribution < 1.29 is 22.7 Å². The number of nitrogens with one attached hydrogen (secondary N) is 2. The molecule has 0 unspecified atom stereocenters. The predicted molar refractivity (Wildman–Crippen MR) is 118 cm³/mol. The third kappa shape index (κ3) is 7.12. The van der Waals surface area contributed by atoms with Gasteiger partial charge in [-0.05, 0) is 56.5 Å². The maximum Gasteiger partial charge on any atom is 0.307 e. The summed E-state index contributed by atoms with van der Waals surface area (Å²) in [5, 5.41) is 4.32. The van der Waals surface area contributed by atoms with Gasteiger partial charge in [0.25, 0.3) is 5.91 Å². The fourth-order valence-corrected chi connectivity index (χ4v) is 4.84. The minimum Gasteiger partial charge on any atom is -0.456 e. The number of carbonyl (C=O) groups excluding carboxylic acids is 2. The molecule has 8 nitrogen and oxygen atoms in total. The Labute approximate surface area is 181 Å². The SMILES string of the molecule is CCN(c1ccc(NC(=O)COC(=O)CCNS(=O)(=O)c2cccs2)cc1)C(C)C. The summed E-state index contributed by atoms with van der Waals surface area (Å²) in [6.07, 6.45) is -0.172. The zero-order valence-electron chi connectivity index (χ0n) is 17.3. The molecular formula is C20H27N3O5S2. The lowest BCUT2D eigenvalue weighted by Crippen LogP contribution is -2.30. The quantitative estimate of drug-likeness (QED) is 0.507. The van der Waals surface area contributed by atoms with Crippen LogP contribution in [0.15, 0.2) is 46.0 Å². The Morgan fingerprint density at radius 1 is 1.17 bits per heavy atom. The van der Waals surface area contributed by atoms with Crippen LogP contribution >= 0.6 is 11.3 Å². The highest BCUT2D eigenvalue weighted by Gasteiger charge is 2.16. The van der Waals surface area contributed by atoms with Crippen LogP contribution < -0.4 is 14.9 Å². The monoisotopic (exact) mass is 453 g/mol. The van der Waals surface area contributed by atoms with Gasteiger partial charge in [0.05, 0.1) is 6.42 Å². The Balaban J connectivity index is 1.73. The normalized spacial score (nSPS) is 11.3. The number of nitrogens with zero attached hydrogens (tertiary/aromatic N) is 1. The Kier molecular flexibility index (Phi) is 8.82. The summed E-state index contributed by atoms with van der Waals surface area (Å²) in [4.78, 5) is 26.0. The lowest BCUT2D eigenvalue weighted by Gasteiger charge is -2.27. The average Bonchev–Trinajstić information content (AvgIpc) is 3.24. The molecule has 1 heterocycles. The van der Waals surface area contributed by atoms with E-state index in [1.165, 1.54) is 6.07 Å². The van der Waals surface area contributed by atoms with Gasteiger partial charge in [-0.1, -0.05) is 6.07 Å². The number of esters is 1. The first kappa shape index (κ1) is 23.8. The van der Waals surface area contributed by atoms with Crippen LogP contribution in [-0.2, 0) is 24.3 Å². The number of anilines is 2. The molecular weight excluding hydrogens is 426 g/mol. The van der Waals surface area contributed by atoms with E-state index in [-0.39, 0.29) is 17.2 Å². The molecule has 1 aromatic heterocycles. The fraction of sp³-hybridized carbons (Fsp3) is 0.400. The Hall–Kier alpha value is -2.43. The van der Waals surface area contributed by atoms with Gasteiger partial charge in [-0.15, -0.1) is 11.3 Å². The third-order valence-electron chi connectivity index (χ3n) is 4.19. The second kappa shape index (κ2) is 11.1. The molecule has 2 rings (SSSR count). The van der Waals surface area contributed by atoms with Gasteiger partial charge in [0, 0.05) is 30.5 Å². The highest BCUT2D eigenvalue weighted by atomic mass is 32.2. The molecule has 0 bridgehead atoms. The molecule has 0 aliphatic rings. The highest BCUT2D eigenvalue weighted by Crippen LogP contribution is 2.20. The maximum atomic E-state index is 12.0. The van der Waals surface area contributed by atoms with E-state index in [0.717, 1.165) is 23.6 Å². The van der Waals surface area contributed by atoms with Crippen LogP contribution in [0.1, 0.15) is 27.2 Å². The zero-order valence-corrected chi connectivity index (χ0v) is 18.9. The number of sulfonamides is 1. The van der Waals surface area contributed by atoms with Crippen LogP contribution in [0.3, 0.4) is 0 Å². The van der Waals surface area contributed by atoms with Crippen LogP contribution in [-0.4, -0.2) is 46.0 Å². The first-order chi connectivity index (χ1) is 14.2. The van der Waals surface area contributed by atoms with E-state index in [0.29, 0.717) is 11.7 Å². The summed E-state index contributed by atoms with van der Waals surface area (Å²) >= 11 is 1.09. The lowest BCUT2D eigenvalue weighted by molar-refractivity contribution is -0.147. The molecule has 164 valence electrons. The van der Waals surface area contributed by atoms with Crippen LogP contribution in [0.5, 0.6) is 0 Å². The lowest BCUT2D eigenvalue weighted by atomic mass is 10.2. The number of hydrogen-bond acceptors (Lipinski definition) is 7. The van der Waals surface area contributed by atoms with Crippen molar-refractivity contribution in [2.75, 3.05) is 29.9 Å². The Bertz CT molecular complexity index is 926. The number of rotatable bonds is 11. The van der Waals surface area contributed by atoms with Gasteiger partial charge >= 0.3 is 5.97 Å². The largest absolute Gasteiger partial charge is 0.456 e. The van der Waals surface area contributed by atoms with Gasteiger partial charge in [0.2, 0.25) is 10.0 Å². The summed E-state index contributed by atoms with van der Waals surface area (Å²) in [7, 11) is -3.62. The summed E-state index contributed by atoms with van der Waals surface area (Å²) in [6, 6.07) is 10.9. The highest BCUT2D eigenvalue weighted by molar-refractivity contribution is 7.91. The maximum absolute atomic E-state index is 12.0. The van der Waals surface area contributed by atoms with Gasteiger partial charge < -0.3 is 15.0 Å². The van der Waals surface area contributed by atoms with E-state index in [9.17, 15) is 18.0 Å². The van der Waals surface area contributed by atoms with Crippen molar-refractivity contribution >= 4 is 44.6 Å². The van der Waals surface area contributed by atoms with Crippen LogP contribution in [0.4, 0.5) is 11.4 Å². The average molecular weight is 454 g/mol. The van der Waals surface area contributed by atoms with Crippen molar-refractivity contribution in [3.63, 3.8) is 0 Å². The van der Waals surface area contributed by atoms with E-state index in [4.69, 9.17) is 4.74 Å². The second-order valence-electron chi connectivity index (χ2n) is 6.72. The van der Waals surface area contributed by atoms with Crippen molar-refractivity contribution in [3.05, 3.63) is 41.8 Å². The van der Waals surface area contributed by atoms with E-state index in [2.05, 4.69) is 35.7 Å². The number of benzene rings is 1. The molecule has 10 heteroatoms. The van der Waals surface area contributed by atoms with Crippen LogP contribution in [0.2, 0.25) is 0 Å². The zero-order chi connectivity index (χ0) is 22.1. The molecule has 0 radical (unpaired) electrons. The van der Waals surface area contributed by atoms with Crippen molar-refractivity contribution in [3.8, 4) is 0 Å².